The number of carbonyl (C=O) groups excluding carboxylic acids is 1. The second-order valence-corrected chi connectivity index (χ2v) is 5.21. The van der Waals surface area contributed by atoms with Crippen LogP contribution in [0.25, 0.3) is 0 Å². The number of nitrogens with one attached hydrogen (secondary N) is 1. The van der Waals surface area contributed by atoms with E-state index < -0.39 is 29.8 Å². The molecular formula is C14H9F3INO. The van der Waals surface area contributed by atoms with E-state index in [0.717, 1.165) is 12.1 Å². The maximum absolute atomic E-state index is 13.4. The Morgan fingerprint density at radius 3 is 2.35 bits per heavy atom. The fourth-order valence-electron chi connectivity index (χ4n) is 1.65. The lowest BCUT2D eigenvalue weighted by Crippen LogP contribution is -2.17. The largest absolute Gasteiger partial charge is 0.325 e. The van der Waals surface area contributed by atoms with Gasteiger partial charge in [-0.2, -0.15) is 0 Å². The molecule has 0 radical (unpaired) electrons. The van der Waals surface area contributed by atoms with Gasteiger partial charge in [0.25, 0.3) is 0 Å². The van der Waals surface area contributed by atoms with Gasteiger partial charge in [0.1, 0.15) is 17.5 Å². The summed E-state index contributed by atoms with van der Waals surface area (Å²) in [6.07, 6.45) is -0.425. The molecule has 0 bridgehead atoms. The van der Waals surface area contributed by atoms with Gasteiger partial charge in [-0.25, -0.2) is 13.2 Å². The van der Waals surface area contributed by atoms with Crippen LogP contribution in [-0.2, 0) is 11.2 Å². The summed E-state index contributed by atoms with van der Waals surface area (Å²) in [6, 6.07) is 7.25. The summed E-state index contributed by atoms with van der Waals surface area (Å²) in [5.41, 5.74) is 0.107. The average molecular weight is 391 g/mol. The Kier molecular flexibility index (Phi) is 4.64. The van der Waals surface area contributed by atoms with Crippen molar-refractivity contribution in [3.05, 3.63) is 63.0 Å². The highest BCUT2D eigenvalue weighted by Gasteiger charge is 2.14. The number of anilines is 1. The predicted octanol–water partition coefficient (Wildman–Crippen LogP) is 3.89. The number of hydrogen-bond acceptors (Lipinski definition) is 1. The van der Waals surface area contributed by atoms with E-state index in [-0.39, 0.29) is 5.56 Å². The number of amides is 1. The van der Waals surface area contributed by atoms with Crippen LogP contribution in [0.1, 0.15) is 5.56 Å². The van der Waals surface area contributed by atoms with E-state index in [2.05, 4.69) is 5.32 Å². The molecule has 0 fully saturated rings. The molecule has 0 saturated carbocycles. The number of hydrogen-bond donors (Lipinski definition) is 1. The monoisotopic (exact) mass is 391 g/mol. The highest BCUT2D eigenvalue weighted by atomic mass is 127. The van der Waals surface area contributed by atoms with Gasteiger partial charge in [-0.1, -0.05) is 6.07 Å². The first-order valence-electron chi connectivity index (χ1n) is 5.65. The van der Waals surface area contributed by atoms with Crippen molar-refractivity contribution < 1.29 is 18.0 Å². The van der Waals surface area contributed by atoms with E-state index >= 15 is 0 Å². The van der Waals surface area contributed by atoms with Crippen LogP contribution in [-0.4, -0.2) is 5.91 Å². The Bertz CT molecular complexity index is 641. The van der Waals surface area contributed by atoms with E-state index in [1.807, 2.05) is 22.6 Å². The van der Waals surface area contributed by atoms with Gasteiger partial charge in [0.05, 0.1) is 12.1 Å². The van der Waals surface area contributed by atoms with Gasteiger partial charge in [0.2, 0.25) is 5.91 Å². The van der Waals surface area contributed by atoms with Gasteiger partial charge in [-0.3, -0.25) is 4.79 Å². The smallest absolute Gasteiger partial charge is 0.229 e. The van der Waals surface area contributed by atoms with Crippen LogP contribution in [0.4, 0.5) is 18.9 Å². The first kappa shape index (κ1) is 14.8. The zero-order chi connectivity index (χ0) is 14.7. The van der Waals surface area contributed by atoms with E-state index in [1.54, 1.807) is 0 Å². The predicted molar refractivity (Wildman–Crippen MR) is 77.8 cm³/mol. The van der Waals surface area contributed by atoms with E-state index in [0.29, 0.717) is 9.26 Å². The summed E-state index contributed by atoms with van der Waals surface area (Å²) in [7, 11) is 0. The normalized spacial score (nSPS) is 10.4. The zero-order valence-electron chi connectivity index (χ0n) is 10.1. The molecule has 0 spiro atoms. The van der Waals surface area contributed by atoms with Crippen molar-refractivity contribution >= 4 is 34.2 Å². The van der Waals surface area contributed by atoms with E-state index in [1.165, 1.54) is 24.3 Å². The highest BCUT2D eigenvalue weighted by molar-refractivity contribution is 14.1. The van der Waals surface area contributed by atoms with Crippen molar-refractivity contribution in [3.63, 3.8) is 0 Å². The number of rotatable bonds is 3. The third-order valence-corrected chi connectivity index (χ3v) is 3.50. The number of halogens is 4. The van der Waals surface area contributed by atoms with Gasteiger partial charge in [-0.05, 0) is 52.9 Å². The molecule has 0 atom stereocenters. The molecule has 0 aromatic heterocycles. The van der Waals surface area contributed by atoms with Crippen LogP contribution in [0, 0.1) is 21.0 Å². The molecule has 1 N–H and O–H groups in total. The van der Waals surface area contributed by atoms with Crippen molar-refractivity contribution in [2.24, 2.45) is 0 Å². The lowest BCUT2D eigenvalue weighted by Gasteiger charge is -2.08. The maximum atomic E-state index is 13.4. The molecule has 2 aromatic rings. The fourth-order valence-corrected chi connectivity index (χ4v) is 2.26. The Labute approximate surface area is 127 Å². The molecule has 2 nitrogen and oxygen atoms in total. The number of carbonyl (C=O) groups is 1. The molecule has 0 unspecified atom stereocenters. The van der Waals surface area contributed by atoms with Gasteiger partial charge < -0.3 is 5.32 Å². The molecule has 104 valence electrons. The standard InChI is InChI=1S/C14H9F3INO/c15-8-4-5-13(12(18)6-8)19-14(20)7-9-10(16)2-1-3-11(9)17/h1-6H,7H2,(H,19,20). The van der Waals surface area contributed by atoms with Crippen LogP contribution < -0.4 is 5.32 Å². The third kappa shape index (κ3) is 3.50. The Morgan fingerprint density at radius 1 is 1.10 bits per heavy atom. The third-order valence-electron chi connectivity index (χ3n) is 2.60. The molecule has 0 aliphatic heterocycles. The minimum atomic E-state index is -0.769. The first-order chi connectivity index (χ1) is 9.47. The van der Waals surface area contributed by atoms with Crippen LogP contribution in [0.2, 0.25) is 0 Å². The Balaban J connectivity index is 2.13. The molecular weight excluding hydrogens is 382 g/mol. The summed E-state index contributed by atoms with van der Waals surface area (Å²) < 4.78 is 40.2. The summed E-state index contributed by atoms with van der Waals surface area (Å²) >= 11 is 1.86. The average Bonchev–Trinajstić information content (AvgIpc) is 2.37. The van der Waals surface area contributed by atoms with Gasteiger partial charge in [0.15, 0.2) is 0 Å². The molecule has 0 aliphatic rings. The second kappa shape index (κ2) is 6.25. The Hall–Kier alpha value is -1.57. The molecule has 0 heterocycles. The van der Waals surface area contributed by atoms with Gasteiger partial charge in [-0.15, -0.1) is 0 Å². The lowest BCUT2D eigenvalue weighted by molar-refractivity contribution is -0.115. The molecule has 2 aromatic carbocycles. The number of benzene rings is 2. The van der Waals surface area contributed by atoms with Crippen molar-refractivity contribution in [1.29, 1.82) is 0 Å². The zero-order valence-corrected chi connectivity index (χ0v) is 12.2. The van der Waals surface area contributed by atoms with E-state index in [4.69, 9.17) is 0 Å². The van der Waals surface area contributed by atoms with E-state index in [9.17, 15) is 18.0 Å². The van der Waals surface area contributed by atoms with Crippen LogP contribution >= 0.6 is 22.6 Å². The van der Waals surface area contributed by atoms with Crippen molar-refractivity contribution in [2.45, 2.75) is 6.42 Å². The topological polar surface area (TPSA) is 29.1 Å². The van der Waals surface area contributed by atoms with Crippen molar-refractivity contribution in [3.8, 4) is 0 Å². The van der Waals surface area contributed by atoms with Crippen LogP contribution in [0.15, 0.2) is 36.4 Å². The molecule has 20 heavy (non-hydrogen) atoms. The van der Waals surface area contributed by atoms with Gasteiger partial charge in [0, 0.05) is 9.13 Å². The molecule has 1 amide bonds. The highest BCUT2D eigenvalue weighted by Crippen LogP contribution is 2.20. The van der Waals surface area contributed by atoms with Gasteiger partial charge >= 0.3 is 0 Å². The summed E-state index contributed by atoms with van der Waals surface area (Å²) in [4.78, 5) is 11.8. The second-order valence-electron chi connectivity index (χ2n) is 4.05. The van der Waals surface area contributed by atoms with Crippen LogP contribution in [0.5, 0.6) is 0 Å². The summed E-state index contributed by atoms with van der Waals surface area (Å²) in [5, 5.41) is 2.49. The minimum Gasteiger partial charge on any atom is -0.325 e. The maximum Gasteiger partial charge on any atom is 0.229 e. The SMILES string of the molecule is O=C(Cc1c(F)cccc1F)Nc1ccc(F)cc1I. The van der Waals surface area contributed by atoms with Crippen molar-refractivity contribution in [1.82, 2.24) is 0 Å². The quantitative estimate of drug-likeness (QED) is 0.791. The molecule has 6 heteroatoms. The summed E-state index contributed by atoms with van der Waals surface area (Å²) in [5.74, 6) is -2.53. The molecule has 2 rings (SSSR count). The Morgan fingerprint density at radius 2 is 1.75 bits per heavy atom. The molecule has 0 aliphatic carbocycles. The molecule has 0 saturated heterocycles. The summed E-state index contributed by atoms with van der Waals surface area (Å²) in [6.45, 7) is 0. The van der Waals surface area contributed by atoms with Crippen molar-refractivity contribution in [2.75, 3.05) is 5.32 Å². The van der Waals surface area contributed by atoms with Crippen LogP contribution in [0.3, 0.4) is 0 Å². The fraction of sp³-hybridized carbons (Fsp3) is 0.0714. The lowest BCUT2D eigenvalue weighted by atomic mass is 10.1. The minimum absolute atomic E-state index is 0.290. The first-order valence-corrected chi connectivity index (χ1v) is 6.73.